The van der Waals surface area contributed by atoms with Gasteiger partial charge in [-0.1, -0.05) is 67.1 Å². The molecule has 150 valence electrons. The summed E-state index contributed by atoms with van der Waals surface area (Å²) in [7, 11) is 1.38. The molecule has 6 heteroatoms. The van der Waals surface area contributed by atoms with E-state index >= 15 is 0 Å². The average Bonchev–Trinajstić information content (AvgIpc) is 3.16. The molecule has 0 aliphatic carbocycles. The Morgan fingerprint density at radius 1 is 1.14 bits per heavy atom. The van der Waals surface area contributed by atoms with E-state index in [9.17, 15) is 4.79 Å². The number of esters is 1. The van der Waals surface area contributed by atoms with Gasteiger partial charge in [-0.15, -0.1) is 11.3 Å². The lowest BCUT2D eigenvalue weighted by atomic mass is 10.0. The molecule has 1 atom stereocenters. The van der Waals surface area contributed by atoms with Gasteiger partial charge >= 0.3 is 5.97 Å². The smallest absolute Gasteiger partial charge is 0.340 e. The second kappa shape index (κ2) is 9.67. The van der Waals surface area contributed by atoms with E-state index in [4.69, 9.17) is 17.0 Å². The molecule has 0 amide bonds. The molecule has 1 aromatic heterocycles. The quantitative estimate of drug-likeness (QED) is 0.378. The first kappa shape index (κ1) is 21.0. The molecule has 29 heavy (non-hydrogen) atoms. The van der Waals surface area contributed by atoms with Gasteiger partial charge in [0.15, 0.2) is 5.11 Å². The van der Waals surface area contributed by atoms with Gasteiger partial charge in [0.05, 0.1) is 18.7 Å². The molecule has 0 saturated carbocycles. The molecule has 0 radical (unpaired) electrons. The lowest BCUT2D eigenvalue weighted by Gasteiger charge is -2.20. The third kappa shape index (κ3) is 5.22. The van der Waals surface area contributed by atoms with Crippen molar-refractivity contribution < 1.29 is 9.53 Å². The van der Waals surface area contributed by atoms with Crippen LogP contribution in [0.3, 0.4) is 0 Å². The molecule has 0 spiro atoms. The molecule has 0 aliphatic heterocycles. The van der Waals surface area contributed by atoms with Crippen molar-refractivity contribution in [3.05, 3.63) is 77.4 Å². The number of ether oxygens (including phenoxy) is 1. The molecule has 1 heterocycles. The second-order valence-corrected chi connectivity index (χ2v) is 8.14. The minimum Gasteiger partial charge on any atom is -0.465 e. The molecule has 3 aromatic rings. The van der Waals surface area contributed by atoms with Crippen molar-refractivity contribution in [3.8, 4) is 10.4 Å². The minimum atomic E-state index is -0.390. The normalized spacial score (nSPS) is 11.6. The predicted octanol–water partition coefficient (Wildman–Crippen LogP) is 5.95. The van der Waals surface area contributed by atoms with E-state index in [1.807, 2.05) is 36.4 Å². The first-order valence-corrected chi connectivity index (χ1v) is 10.7. The summed E-state index contributed by atoms with van der Waals surface area (Å²) in [5.74, 6) is -0.390. The molecule has 1 unspecified atom stereocenters. The van der Waals surface area contributed by atoms with Crippen molar-refractivity contribution in [2.45, 2.75) is 26.3 Å². The van der Waals surface area contributed by atoms with Crippen LogP contribution in [0.25, 0.3) is 10.4 Å². The first-order chi connectivity index (χ1) is 14.0. The Bertz CT molecular complexity index is 982. The average molecular weight is 425 g/mol. The fourth-order valence-corrected chi connectivity index (χ4v) is 4.37. The molecular weight excluding hydrogens is 400 g/mol. The number of nitrogens with one attached hydrogen (secondary N) is 2. The maximum Gasteiger partial charge on any atom is 0.340 e. The molecule has 2 N–H and O–H groups in total. The van der Waals surface area contributed by atoms with Gasteiger partial charge in [0.2, 0.25) is 0 Å². The van der Waals surface area contributed by atoms with E-state index in [1.54, 1.807) is 0 Å². The van der Waals surface area contributed by atoms with Crippen LogP contribution in [0, 0.1) is 6.92 Å². The van der Waals surface area contributed by atoms with Gasteiger partial charge < -0.3 is 15.4 Å². The number of anilines is 1. The zero-order chi connectivity index (χ0) is 20.8. The van der Waals surface area contributed by atoms with E-state index in [1.165, 1.54) is 29.6 Å². The van der Waals surface area contributed by atoms with E-state index in [2.05, 4.69) is 48.7 Å². The molecule has 0 aliphatic rings. The fraction of sp³-hybridized carbons (Fsp3) is 0.217. The lowest BCUT2D eigenvalue weighted by molar-refractivity contribution is 0.0602. The summed E-state index contributed by atoms with van der Waals surface area (Å²) >= 11 is 7.02. The summed E-state index contributed by atoms with van der Waals surface area (Å²) < 4.78 is 4.95. The first-order valence-electron chi connectivity index (χ1n) is 9.43. The zero-order valence-electron chi connectivity index (χ0n) is 16.7. The molecule has 4 nitrogen and oxygen atoms in total. The van der Waals surface area contributed by atoms with Crippen LogP contribution in [-0.2, 0) is 4.74 Å². The summed E-state index contributed by atoms with van der Waals surface area (Å²) in [6.45, 7) is 4.18. The van der Waals surface area contributed by atoms with Crippen molar-refractivity contribution in [1.82, 2.24) is 5.32 Å². The zero-order valence-corrected chi connectivity index (χ0v) is 18.3. The van der Waals surface area contributed by atoms with Crippen LogP contribution < -0.4 is 10.6 Å². The third-order valence-corrected chi connectivity index (χ3v) is 5.94. The van der Waals surface area contributed by atoms with Crippen molar-refractivity contribution in [2.75, 3.05) is 12.4 Å². The Kier molecular flexibility index (Phi) is 7.01. The van der Waals surface area contributed by atoms with E-state index < -0.39 is 0 Å². The van der Waals surface area contributed by atoms with Crippen molar-refractivity contribution >= 4 is 39.6 Å². The minimum absolute atomic E-state index is 0.0886. The highest BCUT2D eigenvalue weighted by Gasteiger charge is 2.19. The summed E-state index contributed by atoms with van der Waals surface area (Å²) in [5, 5.41) is 7.71. The van der Waals surface area contributed by atoms with Crippen LogP contribution in [0.4, 0.5) is 5.00 Å². The van der Waals surface area contributed by atoms with E-state index in [0.29, 0.717) is 15.7 Å². The number of methoxy groups -OCH3 is 1. The highest BCUT2D eigenvalue weighted by molar-refractivity contribution is 7.80. The standard InChI is InChI=1S/C23H24N2O2S2/c1-4-19(16-12-10-15(2)11-13-16)24-23(28)25-21-18(22(26)27-3)14-20(29-21)17-8-6-5-7-9-17/h5-14,19H,4H2,1-3H3,(H2,24,25,28). The van der Waals surface area contributed by atoms with Gasteiger partial charge in [-0.05, 0) is 42.8 Å². The number of carbonyl (C=O) groups excluding carboxylic acids is 1. The van der Waals surface area contributed by atoms with Crippen molar-refractivity contribution in [1.29, 1.82) is 0 Å². The SMILES string of the molecule is CCC(NC(=S)Nc1sc(-c2ccccc2)cc1C(=O)OC)c1ccc(C)cc1. The Hall–Kier alpha value is -2.70. The van der Waals surface area contributed by atoms with Crippen LogP contribution in [0.2, 0.25) is 0 Å². The van der Waals surface area contributed by atoms with Crippen molar-refractivity contribution in [2.24, 2.45) is 0 Å². The van der Waals surface area contributed by atoms with Crippen molar-refractivity contribution in [3.63, 3.8) is 0 Å². The van der Waals surface area contributed by atoms with Gasteiger partial charge in [0, 0.05) is 4.88 Å². The monoisotopic (exact) mass is 424 g/mol. The van der Waals surface area contributed by atoms with Crippen LogP contribution in [0.15, 0.2) is 60.7 Å². The second-order valence-electron chi connectivity index (χ2n) is 6.68. The number of thiophene rings is 1. The number of hydrogen-bond acceptors (Lipinski definition) is 4. The van der Waals surface area contributed by atoms with Gasteiger partial charge in [0.1, 0.15) is 5.00 Å². The van der Waals surface area contributed by atoms with Crippen LogP contribution >= 0.6 is 23.6 Å². The van der Waals surface area contributed by atoms with Crippen LogP contribution in [-0.4, -0.2) is 18.2 Å². The Balaban J connectivity index is 1.80. The summed E-state index contributed by atoms with van der Waals surface area (Å²) in [4.78, 5) is 13.2. The number of rotatable bonds is 6. The van der Waals surface area contributed by atoms with Gasteiger partial charge in [-0.3, -0.25) is 0 Å². The topological polar surface area (TPSA) is 50.4 Å². The highest BCUT2D eigenvalue weighted by atomic mass is 32.1. The Labute approximate surface area is 180 Å². The number of hydrogen-bond donors (Lipinski definition) is 2. The summed E-state index contributed by atoms with van der Waals surface area (Å²) in [6.07, 6.45) is 0.883. The number of benzene rings is 2. The maximum atomic E-state index is 12.3. The Morgan fingerprint density at radius 2 is 1.83 bits per heavy atom. The number of carbonyl (C=O) groups is 1. The molecule has 2 aromatic carbocycles. The molecule has 0 fully saturated rings. The molecular formula is C23H24N2O2S2. The number of thiocarbonyl (C=S) groups is 1. The molecule has 3 rings (SSSR count). The summed E-state index contributed by atoms with van der Waals surface area (Å²) in [5.41, 5.74) is 3.91. The molecule has 0 bridgehead atoms. The Morgan fingerprint density at radius 3 is 2.45 bits per heavy atom. The van der Waals surface area contributed by atoms with Crippen LogP contribution in [0.5, 0.6) is 0 Å². The van der Waals surface area contributed by atoms with Crippen LogP contribution in [0.1, 0.15) is 40.9 Å². The van der Waals surface area contributed by atoms with Gasteiger partial charge in [0.25, 0.3) is 0 Å². The molecule has 0 saturated heterocycles. The fourth-order valence-electron chi connectivity index (χ4n) is 3.01. The lowest BCUT2D eigenvalue weighted by Crippen LogP contribution is -2.32. The highest BCUT2D eigenvalue weighted by Crippen LogP contribution is 2.36. The predicted molar refractivity (Wildman–Crippen MR) is 125 cm³/mol. The van der Waals surface area contributed by atoms with E-state index in [0.717, 1.165) is 16.9 Å². The third-order valence-electron chi connectivity index (χ3n) is 4.62. The number of aryl methyl sites for hydroxylation is 1. The van der Waals surface area contributed by atoms with E-state index in [-0.39, 0.29) is 12.0 Å². The maximum absolute atomic E-state index is 12.3. The van der Waals surface area contributed by atoms with Gasteiger partial charge in [-0.25, -0.2) is 4.79 Å². The largest absolute Gasteiger partial charge is 0.465 e. The summed E-state index contributed by atoms with van der Waals surface area (Å²) in [6, 6.07) is 20.3. The van der Waals surface area contributed by atoms with Gasteiger partial charge in [-0.2, -0.15) is 0 Å².